The molecule has 2 heterocycles. The van der Waals surface area contributed by atoms with Crippen LogP contribution in [0.15, 0.2) is 89.5 Å². The third kappa shape index (κ3) is 2.25. The first-order valence-electron chi connectivity index (χ1n) is 10.5. The second kappa shape index (κ2) is 5.99. The van der Waals surface area contributed by atoms with Gasteiger partial charge >= 0.3 is 0 Å². The van der Waals surface area contributed by atoms with Crippen molar-refractivity contribution in [1.82, 2.24) is 4.57 Å². The van der Waals surface area contributed by atoms with Crippen LogP contribution in [0.25, 0.3) is 49.2 Å². The van der Waals surface area contributed by atoms with Crippen LogP contribution < -0.4 is 0 Å². The molecule has 0 N–H and O–H groups in total. The number of fused-ring (bicyclic) bond motifs is 8. The molecule has 2 heteroatoms. The molecule has 0 aliphatic heterocycles. The predicted molar refractivity (Wildman–Crippen MR) is 127 cm³/mol. The normalized spacial score (nSPS) is 12.5. The first-order valence-corrected chi connectivity index (χ1v) is 10.5. The van der Waals surface area contributed by atoms with Crippen LogP contribution in [0.1, 0.15) is 26.3 Å². The number of hydrogen-bond acceptors (Lipinski definition) is 1. The molecule has 0 atom stereocenters. The fourth-order valence-electron chi connectivity index (χ4n) is 4.84. The molecule has 30 heavy (non-hydrogen) atoms. The fraction of sp³-hybridized carbons (Fsp3) is 0.143. The number of nitrogens with zero attached hydrogens (tertiary/aromatic N) is 1. The summed E-state index contributed by atoms with van der Waals surface area (Å²) in [6, 6.07) is 28.0. The van der Waals surface area contributed by atoms with E-state index in [0.29, 0.717) is 0 Å². The zero-order valence-electron chi connectivity index (χ0n) is 17.4. The molecule has 0 aliphatic rings. The Hall–Kier alpha value is -3.52. The molecule has 0 radical (unpaired) electrons. The lowest BCUT2D eigenvalue weighted by Crippen LogP contribution is -2.10. The lowest BCUT2D eigenvalue weighted by molar-refractivity contribution is 0.558. The number of furan rings is 1. The van der Waals surface area contributed by atoms with E-state index < -0.39 is 0 Å². The smallest absolute Gasteiger partial charge is 0.144 e. The van der Waals surface area contributed by atoms with E-state index in [1.165, 1.54) is 49.2 Å². The highest BCUT2D eigenvalue weighted by atomic mass is 16.3. The standard InChI is InChI=1S/C28H23NO/c1-28(2,3)22-17-30-27-20-14-8-7-13-19(20)24-21-15-9-10-16-23(21)29(26(24)25(22)27)18-11-5-4-6-12-18/h4-17H,1-3H3. The maximum Gasteiger partial charge on any atom is 0.144 e. The Morgan fingerprint density at radius 2 is 1.30 bits per heavy atom. The molecule has 0 fully saturated rings. The average Bonchev–Trinajstić information content (AvgIpc) is 3.34. The third-order valence-corrected chi connectivity index (χ3v) is 6.17. The van der Waals surface area contributed by atoms with E-state index in [1.807, 2.05) is 6.26 Å². The summed E-state index contributed by atoms with van der Waals surface area (Å²) in [7, 11) is 0. The maximum atomic E-state index is 6.27. The lowest BCUT2D eigenvalue weighted by atomic mass is 9.85. The van der Waals surface area contributed by atoms with Gasteiger partial charge in [-0.1, -0.05) is 81.4 Å². The van der Waals surface area contributed by atoms with Crippen LogP contribution in [-0.2, 0) is 5.41 Å². The summed E-state index contributed by atoms with van der Waals surface area (Å²) in [5.74, 6) is 0. The Labute approximate surface area is 175 Å². The van der Waals surface area contributed by atoms with Crippen LogP contribution in [0.4, 0.5) is 0 Å². The molecule has 0 aliphatic carbocycles. The molecular formula is C28H23NO. The minimum Gasteiger partial charge on any atom is -0.463 e. The van der Waals surface area contributed by atoms with E-state index in [4.69, 9.17) is 4.42 Å². The van der Waals surface area contributed by atoms with E-state index in [-0.39, 0.29) is 5.41 Å². The topological polar surface area (TPSA) is 18.1 Å². The summed E-state index contributed by atoms with van der Waals surface area (Å²) in [5, 5.41) is 6.20. The van der Waals surface area contributed by atoms with Gasteiger partial charge in [0.1, 0.15) is 5.58 Å². The van der Waals surface area contributed by atoms with Crippen LogP contribution >= 0.6 is 0 Å². The van der Waals surface area contributed by atoms with E-state index in [2.05, 4.69) is 104 Å². The van der Waals surface area contributed by atoms with E-state index in [1.54, 1.807) is 0 Å². The molecule has 6 rings (SSSR count). The van der Waals surface area contributed by atoms with Gasteiger partial charge in [-0.15, -0.1) is 0 Å². The van der Waals surface area contributed by atoms with Crippen molar-refractivity contribution in [1.29, 1.82) is 0 Å². The van der Waals surface area contributed by atoms with Gasteiger partial charge in [0, 0.05) is 32.8 Å². The van der Waals surface area contributed by atoms with E-state index in [0.717, 1.165) is 5.58 Å². The minimum absolute atomic E-state index is 0.0292. The number of para-hydroxylation sites is 2. The molecule has 2 aromatic heterocycles. The van der Waals surface area contributed by atoms with Gasteiger partial charge < -0.3 is 8.98 Å². The van der Waals surface area contributed by atoms with Gasteiger partial charge in [-0.05, 0) is 29.0 Å². The zero-order valence-corrected chi connectivity index (χ0v) is 17.4. The summed E-state index contributed by atoms with van der Waals surface area (Å²) in [6.45, 7) is 6.77. The van der Waals surface area contributed by atoms with Crippen LogP contribution in [0.2, 0.25) is 0 Å². The van der Waals surface area contributed by atoms with Gasteiger partial charge in [0.25, 0.3) is 0 Å². The largest absolute Gasteiger partial charge is 0.463 e. The molecule has 2 nitrogen and oxygen atoms in total. The summed E-state index contributed by atoms with van der Waals surface area (Å²) >= 11 is 0. The molecule has 0 saturated heterocycles. The Kier molecular flexibility index (Phi) is 3.47. The Bertz CT molecular complexity index is 1560. The van der Waals surface area contributed by atoms with Gasteiger partial charge in [-0.25, -0.2) is 0 Å². The summed E-state index contributed by atoms with van der Waals surface area (Å²) in [4.78, 5) is 0. The molecular weight excluding hydrogens is 366 g/mol. The highest BCUT2D eigenvalue weighted by Gasteiger charge is 2.26. The van der Waals surface area contributed by atoms with Crippen LogP contribution in [0, 0.1) is 0 Å². The molecule has 146 valence electrons. The van der Waals surface area contributed by atoms with Crippen molar-refractivity contribution in [2.24, 2.45) is 0 Å². The van der Waals surface area contributed by atoms with Gasteiger partial charge in [0.15, 0.2) is 0 Å². The molecule has 0 amide bonds. The van der Waals surface area contributed by atoms with Gasteiger partial charge in [0.2, 0.25) is 0 Å². The van der Waals surface area contributed by atoms with Crippen molar-refractivity contribution < 1.29 is 4.42 Å². The Balaban J connectivity index is 2.01. The molecule has 4 aromatic carbocycles. The van der Waals surface area contributed by atoms with Crippen LogP contribution in [0.3, 0.4) is 0 Å². The quantitative estimate of drug-likeness (QED) is 0.279. The van der Waals surface area contributed by atoms with Gasteiger partial charge in [-0.3, -0.25) is 0 Å². The van der Waals surface area contributed by atoms with Crippen molar-refractivity contribution >= 4 is 43.5 Å². The SMILES string of the molecule is CC(C)(C)c1coc2c3ccccc3c3c4ccccc4n(-c4ccccc4)c3c12. The van der Waals surface area contributed by atoms with Crippen molar-refractivity contribution in [2.75, 3.05) is 0 Å². The Morgan fingerprint density at radius 3 is 2.03 bits per heavy atom. The summed E-state index contributed by atoms with van der Waals surface area (Å²) in [5.41, 5.74) is 5.81. The predicted octanol–water partition coefficient (Wildman–Crippen LogP) is 7.98. The number of aromatic nitrogens is 1. The monoisotopic (exact) mass is 389 g/mol. The van der Waals surface area contributed by atoms with E-state index >= 15 is 0 Å². The van der Waals surface area contributed by atoms with Crippen LogP contribution in [-0.4, -0.2) is 4.57 Å². The molecule has 0 spiro atoms. The van der Waals surface area contributed by atoms with Crippen molar-refractivity contribution in [3.8, 4) is 5.69 Å². The van der Waals surface area contributed by atoms with Crippen molar-refractivity contribution in [3.63, 3.8) is 0 Å². The number of benzene rings is 4. The second-order valence-electron chi connectivity index (χ2n) is 9.06. The minimum atomic E-state index is -0.0292. The van der Waals surface area contributed by atoms with Gasteiger partial charge in [-0.2, -0.15) is 0 Å². The lowest BCUT2D eigenvalue weighted by Gasteiger charge is -2.18. The van der Waals surface area contributed by atoms with Crippen LogP contribution in [0.5, 0.6) is 0 Å². The highest BCUT2D eigenvalue weighted by molar-refractivity contribution is 6.31. The number of rotatable bonds is 1. The van der Waals surface area contributed by atoms with Gasteiger partial charge in [0.05, 0.1) is 17.3 Å². The zero-order chi connectivity index (χ0) is 20.5. The van der Waals surface area contributed by atoms with Crippen molar-refractivity contribution in [3.05, 3.63) is 90.7 Å². The first-order chi connectivity index (χ1) is 14.6. The number of hydrogen-bond donors (Lipinski definition) is 0. The molecule has 0 saturated carbocycles. The van der Waals surface area contributed by atoms with E-state index in [9.17, 15) is 0 Å². The fourth-order valence-corrected chi connectivity index (χ4v) is 4.84. The average molecular weight is 389 g/mol. The second-order valence-corrected chi connectivity index (χ2v) is 9.06. The summed E-state index contributed by atoms with van der Waals surface area (Å²) in [6.07, 6.45) is 1.96. The third-order valence-electron chi connectivity index (χ3n) is 6.17. The maximum absolute atomic E-state index is 6.27. The molecule has 0 unspecified atom stereocenters. The first kappa shape index (κ1) is 17.3. The van der Waals surface area contributed by atoms with Crippen molar-refractivity contribution in [2.45, 2.75) is 26.2 Å². The molecule has 0 bridgehead atoms. The highest BCUT2D eigenvalue weighted by Crippen LogP contribution is 2.45. The summed E-state index contributed by atoms with van der Waals surface area (Å²) < 4.78 is 8.68. The molecule has 6 aromatic rings. The Morgan fingerprint density at radius 1 is 0.667 bits per heavy atom.